The molecule has 0 spiro atoms. The Morgan fingerprint density at radius 3 is 2.52 bits per heavy atom. The minimum Gasteiger partial charge on any atom is -0.343 e. The number of nitrogens with one attached hydrogen (secondary N) is 2. The third-order valence-corrected chi connectivity index (χ3v) is 5.26. The number of hydrogen-bond acceptors (Lipinski definition) is 4. The molecule has 0 saturated carbocycles. The van der Waals surface area contributed by atoms with Gasteiger partial charge in [0.15, 0.2) is 0 Å². The Bertz CT molecular complexity index is 900. The Morgan fingerprint density at radius 1 is 1.10 bits per heavy atom. The molecule has 0 aliphatic carbocycles. The van der Waals surface area contributed by atoms with Crippen LogP contribution < -0.4 is 10.6 Å². The van der Waals surface area contributed by atoms with Crippen LogP contribution >= 0.6 is 23.2 Å². The maximum Gasteiger partial charge on any atom is 0.253 e. The summed E-state index contributed by atoms with van der Waals surface area (Å²) in [5.74, 6) is -0.402. The van der Waals surface area contributed by atoms with E-state index in [1.54, 1.807) is 35.4 Å². The first-order valence-electron chi connectivity index (χ1n) is 9.17. The number of piperidine rings is 1. The Balaban J connectivity index is 1.45. The van der Waals surface area contributed by atoms with Gasteiger partial charge in [0, 0.05) is 30.2 Å². The van der Waals surface area contributed by atoms with Gasteiger partial charge in [0.05, 0.1) is 17.1 Å². The minimum atomic E-state index is -0.440. The summed E-state index contributed by atoms with van der Waals surface area (Å²) in [4.78, 5) is 42.7. The lowest BCUT2D eigenvalue weighted by molar-refractivity contribution is -0.133. The zero-order valence-corrected chi connectivity index (χ0v) is 17.0. The van der Waals surface area contributed by atoms with Gasteiger partial charge < -0.3 is 15.5 Å². The van der Waals surface area contributed by atoms with Gasteiger partial charge in [-0.2, -0.15) is 0 Å². The van der Waals surface area contributed by atoms with Gasteiger partial charge in [0.1, 0.15) is 5.82 Å². The van der Waals surface area contributed by atoms with Crippen LogP contribution in [0.4, 0.5) is 5.82 Å². The number of nitrogens with zero attached hydrogens (tertiary/aromatic N) is 2. The fraction of sp³-hybridized carbons (Fsp3) is 0.300. The van der Waals surface area contributed by atoms with Crippen LogP contribution in [0.1, 0.15) is 23.2 Å². The predicted molar refractivity (Wildman–Crippen MR) is 111 cm³/mol. The monoisotopic (exact) mass is 434 g/mol. The van der Waals surface area contributed by atoms with Crippen LogP contribution in [0.25, 0.3) is 0 Å². The van der Waals surface area contributed by atoms with E-state index in [4.69, 9.17) is 23.2 Å². The summed E-state index contributed by atoms with van der Waals surface area (Å²) in [5, 5.41) is 6.02. The van der Waals surface area contributed by atoms with Crippen molar-refractivity contribution in [1.82, 2.24) is 15.2 Å². The molecule has 152 valence electrons. The molecular weight excluding hydrogens is 415 g/mol. The summed E-state index contributed by atoms with van der Waals surface area (Å²) in [6, 6.07) is 9.85. The molecule has 29 heavy (non-hydrogen) atoms. The number of halogens is 2. The smallest absolute Gasteiger partial charge is 0.253 e. The lowest BCUT2D eigenvalue weighted by Gasteiger charge is -2.31. The molecule has 3 rings (SSSR count). The summed E-state index contributed by atoms with van der Waals surface area (Å²) in [6.45, 7) is 0.774. The van der Waals surface area contributed by atoms with E-state index in [1.165, 1.54) is 12.1 Å². The van der Waals surface area contributed by atoms with E-state index in [1.807, 2.05) is 0 Å². The first kappa shape index (κ1) is 21.1. The second-order valence-corrected chi connectivity index (χ2v) is 7.51. The number of anilines is 1. The maximum absolute atomic E-state index is 12.4. The van der Waals surface area contributed by atoms with Gasteiger partial charge in [0.25, 0.3) is 5.91 Å². The highest BCUT2D eigenvalue weighted by atomic mass is 35.5. The van der Waals surface area contributed by atoms with Crippen molar-refractivity contribution in [2.24, 2.45) is 5.92 Å². The molecule has 2 aromatic rings. The molecule has 0 atom stereocenters. The second kappa shape index (κ2) is 9.71. The summed E-state index contributed by atoms with van der Waals surface area (Å²) >= 11 is 11.8. The number of pyridine rings is 1. The number of carbonyl (C=O) groups is 3. The molecule has 9 heteroatoms. The molecule has 1 aliphatic heterocycles. The van der Waals surface area contributed by atoms with Gasteiger partial charge in [-0.25, -0.2) is 4.98 Å². The molecule has 0 radical (unpaired) electrons. The molecule has 2 N–H and O–H groups in total. The lowest BCUT2D eigenvalue weighted by Crippen LogP contribution is -2.45. The normalized spacial score (nSPS) is 14.3. The number of rotatable bonds is 5. The van der Waals surface area contributed by atoms with E-state index in [9.17, 15) is 14.4 Å². The van der Waals surface area contributed by atoms with Crippen LogP contribution in [0.15, 0.2) is 42.6 Å². The number of aromatic nitrogens is 1. The van der Waals surface area contributed by atoms with Crippen molar-refractivity contribution in [2.75, 3.05) is 25.0 Å². The number of hydrogen-bond donors (Lipinski definition) is 2. The molecular formula is C20H20Cl2N4O3. The predicted octanol–water partition coefficient (Wildman–Crippen LogP) is 3.00. The Hall–Kier alpha value is -2.64. The van der Waals surface area contributed by atoms with Crippen molar-refractivity contribution >= 4 is 46.7 Å². The highest BCUT2D eigenvalue weighted by molar-refractivity contribution is 6.36. The zero-order valence-electron chi connectivity index (χ0n) is 15.5. The van der Waals surface area contributed by atoms with Crippen molar-refractivity contribution in [3.05, 3.63) is 58.2 Å². The molecule has 1 saturated heterocycles. The van der Waals surface area contributed by atoms with Crippen LogP contribution in [-0.2, 0) is 9.59 Å². The molecule has 3 amide bonds. The van der Waals surface area contributed by atoms with Gasteiger partial charge in [-0.15, -0.1) is 0 Å². The molecule has 7 nitrogen and oxygen atoms in total. The van der Waals surface area contributed by atoms with Crippen LogP contribution in [0.5, 0.6) is 0 Å². The fourth-order valence-electron chi connectivity index (χ4n) is 3.09. The van der Waals surface area contributed by atoms with E-state index in [0.29, 0.717) is 36.8 Å². The number of likely N-dealkylation sites (tertiary alicyclic amines) is 1. The average Bonchev–Trinajstić information content (AvgIpc) is 2.72. The number of carbonyl (C=O) groups excluding carboxylic acids is 3. The summed E-state index contributed by atoms with van der Waals surface area (Å²) < 4.78 is 0. The van der Waals surface area contributed by atoms with Gasteiger partial charge in [-0.05, 0) is 43.2 Å². The summed E-state index contributed by atoms with van der Waals surface area (Å²) in [6.07, 6.45) is 2.73. The highest BCUT2D eigenvalue weighted by Crippen LogP contribution is 2.21. The molecule has 1 fully saturated rings. The minimum absolute atomic E-state index is 0.0958. The van der Waals surface area contributed by atoms with Crippen LogP contribution in [-0.4, -0.2) is 47.2 Å². The maximum atomic E-state index is 12.4. The van der Waals surface area contributed by atoms with Crippen LogP contribution in [0, 0.1) is 5.92 Å². The molecule has 0 bridgehead atoms. The largest absolute Gasteiger partial charge is 0.343 e. The van der Waals surface area contributed by atoms with E-state index < -0.39 is 5.91 Å². The topological polar surface area (TPSA) is 91.4 Å². The average molecular weight is 435 g/mol. The van der Waals surface area contributed by atoms with E-state index in [-0.39, 0.29) is 34.9 Å². The third-order valence-electron chi connectivity index (χ3n) is 4.71. The SMILES string of the molecule is O=C(NCC(=O)N1CCC(C(=O)Nc2ccccn2)CC1)c1ccc(Cl)cc1Cl. The highest BCUT2D eigenvalue weighted by Gasteiger charge is 2.27. The van der Waals surface area contributed by atoms with Gasteiger partial charge >= 0.3 is 0 Å². The van der Waals surface area contributed by atoms with Gasteiger partial charge in [-0.1, -0.05) is 29.3 Å². The van der Waals surface area contributed by atoms with E-state index in [0.717, 1.165) is 0 Å². The van der Waals surface area contributed by atoms with Gasteiger partial charge in [0.2, 0.25) is 11.8 Å². The molecule has 0 unspecified atom stereocenters. The number of benzene rings is 1. The van der Waals surface area contributed by atoms with Gasteiger partial charge in [-0.3, -0.25) is 14.4 Å². The number of amides is 3. The van der Waals surface area contributed by atoms with Crippen molar-refractivity contribution in [3.8, 4) is 0 Å². The third kappa shape index (κ3) is 5.68. The van der Waals surface area contributed by atoms with E-state index >= 15 is 0 Å². The van der Waals surface area contributed by atoms with E-state index in [2.05, 4.69) is 15.6 Å². The Kier molecular flexibility index (Phi) is 7.06. The zero-order chi connectivity index (χ0) is 20.8. The van der Waals surface area contributed by atoms with Crippen molar-refractivity contribution < 1.29 is 14.4 Å². The standard InChI is InChI=1S/C20H20Cl2N4O3/c21-14-4-5-15(16(22)11-14)20(29)24-12-18(27)26-9-6-13(7-10-26)19(28)25-17-3-1-2-8-23-17/h1-5,8,11,13H,6-7,9-10,12H2,(H,24,29)(H,23,25,28). The Morgan fingerprint density at radius 2 is 1.86 bits per heavy atom. The van der Waals surface area contributed by atoms with Crippen molar-refractivity contribution in [2.45, 2.75) is 12.8 Å². The first-order chi connectivity index (χ1) is 13.9. The fourth-order valence-corrected chi connectivity index (χ4v) is 3.59. The van der Waals surface area contributed by atoms with Crippen molar-refractivity contribution in [1.29, 1.82) is 0 Å². The first-order valence-corrected chi connectivity index (χ1v) is 9.92. The Labute approximate surface area is 178 Å². The quantitative estimate of drug-likeness (QED) is 0.756. The second-order valence-electron chi connectivity index (χ2n) is 6.67. The molecule has 1 aromatic carbocycles. The van der Waals surface area contributed by atoms with Crippen LogP contribution in [0.3, 0.4) is 0 Å². The molecule has 1 aliphatic rings. The molecule has 2 heterocycles. The summed E-state index contributed by atoms with van der Waals surface area (Å²) in [7, 11) is 0. The van der Waals surface area contributed by atoms with Crippen LogP contribution in [0.2, 0.25) is 10.0 Å². The summed E-state index contributed by atoms with van der Waals surface area (Å²) in [5.41, 5.74) is 0.258. The molecule has 1 aromatic heterocycles. The van der Waals surface area contributed by atoms with Crippen molar-refractivity contribution in [3.63, 3.8) is 0 Å². The lowest BCUT2D eigenvalue weighted by atomic mass is 9.96.